The molecule has 1 nitrogen and oxygen atoms in total. The van der Waals surface area contributed by atoms with E-state index in [1.807, 2.05) is 11.8 Å². The highest BCUT2D eigenvalue weighted by Crippen LogP contribution is 2.49. The van der Waals surface area contributed by atoms with Crippen LogP contribution in [0.3, 0.4) is 0 Å². The quantitative estimate of drug-likeness (QED) is 0.652. The fourth-order valence-corrected chi connectivity index (χ4v) is 4.59. The van der Waals surface area contributed by atoms with E-state index in [2.05, 4.69) is 45.0 Å². The number of ketones is 1. The minimum Gasteiger partial charge on any atom is -0.298 e. The number of carbonyl (C=O) groups is 1. The molecule has 1 aromatic carbocycles. The van der Waals surface area contributed by atoms with Crippen molar-refractivity contribution in [3.05, 3.63) is 29.8 Å². The van der Waals surface area contributed by atoms with Gasteiger partial charge in [-0.25, -0.2) is 0 Å². The molecule has 1 aliphatic rings. The molecule has 0 heterocycles. The predicted octanol–water partition coefficient (Wildman–Crippen LogP) is 5.41. The van der Waals surface area contributed by atoms with Crippen LogP contribution in [0.1, 0.15) is 57.9 Å². The fraction of sp³-hybridized carbons (Fsp3) is 0.611. The topological polar surface area (TPSA) is 17.1 Å². The van der Waals surface area contributed by atoms with Gasteiger partial charge in [0, 0.05) is 11.3 Å². The summed E-state index contributed by atoms with van der Waals surface area (Å²) >= 11 is 1.82. The molecule has 20 heavy (non-hydrogen) atoms. The number of hydrogen-bond acceptors (Lipinski definition) is 2. The van der Waals surface area contributed by atoms with Crippen molar-refractivity contribution in [2.45, 2.75) is 68.9 Å². The number of thioether (sulfide) groups is 1. The summed E-state index contributed by atoms with van der Waals surface area (Å²) in [5.74, 6) is 0.977. The van der Waals surface area contributed by atoms with Gasteiger partial charge in [-0.1, -0.05) is 50.8 Å². The lowest BCUT2D eigenvalue weighted by atomic mass is 9.90. The van der Waals surface area contributed by atoms with Gasteiger partial charge in [-0.15, -0.1) is 11.8 Å². The fourth-order valence-electron chi connectivity index (χ4n) is 3.12. The van der Waals surface area contributed by atoms with E-state index < -0.39 is 0 Å². The van der Waals surface area contributed by atoms with Crippen LogP contribution in [0, 0.1) is 12.8 Å². The van der Waals surface area contributed by atoms with E-state index in [-0.39, 0.29) is 4.75 Å². The normalized spacial score (nSPS) is 26.1. The first kappa shape index (κ1) is 15.6. The first-order valence-electron chi connectivity index (χ1n) is 7.87. The summed E-state index contributed by atoms with van der Waals surface area (Å²) in [5.41, 5.74) is 1.28. The zero-order valence-corrected chi connectivity index (χ0v) is 13.8. The Balaban J connectivity index is 2.18. The van der Waals surface area contributed by atoms with Crippen LogP contribution in [0.2, 0.25) is 0 Å². The van der Waals surface area contributed by atoms with Gasteiger partial charge in [-0.05, 0) is 37.8 Å². The molecule has 0 N–H and O–H groups in total. The molecule has 0 saturated heterocycles. The third-order valence-corrected chi connectivity index (χ3v) is 6.25. The smallest absolute Gasteiger partial charge is 0.149 e. The summed E-state index contributed by atoms with van der Waals surface area (Å²) in [6.07, 6.45) is 6.49. The van der Waals surface area contributed by atoms with Gasteiger partial charge in [0.05, 0.1) is 4.75 Å². The van der Waals surface area contributed by atoms with Crippen molar-refractivity contribution in [3.63, 3.8) is 0 Å². The average Bonchev–Trinajstić information content (AvgIpc) is 2.70. The van der Waals surface area contributed by atoms with Crippen LogP contribution in [-0.4, -0.2) is 10.5 Å². The van der Waals surface area contributed by atoms with Crippen LogP contribution >= 0.6 is 11.8 Å². The maximum Gasteiger partial charge on any atom is 0.149 e. The zero-order chi connectivity index (χ0) is 14.6. The van der Waals surface area contributed by atoms with Gasteiger partial charge in [0.2, 0.25) is 0 Å². The van der Waals surface area contributed by atoms with E-state index in [0.717, 1.165) is 19.3 Å². The summed E-state index contributed by atoms with van der Waals surface area (Å²) in [7, 11) is 0. The van der Waals surface area contributed by atoms with Crippen molar-refractivity contribution in [3.8, 4) is 0 Å². The summed E-state index contributed by atoms with van der Waals surface area (Å²) in [4.78, 5) is 13.8. The Morgan fingerprint density at radius 1 is 1.25 bits per heavy atom. The molecule has 1 aliphatic carbocycles. The Bertz CT molecular complexity index is 451. The molecule has 2 heteroatoms. The largest absolute Gasteiger partial charge is 0.298 e. The van der Waals surface area contributed by atoms with E-state index in [4.69, 9.17) is 0 Å². The molecule has 1 aromatic rings. The first-order chi connectivity index (χ1) is 9.58. The number of unbranched alkanes of at least 4 members (excludes halogenated alkanes) is 2. The minimum absolute atomic E-state index is 0.162. The van der Waals surface area contributed by atoms with Crippen molar-refractivity contribution < 1.29 is 4.79 Å². The lowest BCUT2D eigenvalue weighted by Crippen LogP contribution is -2.35. The Morgan fingerprint density at radius 2 is 1.95 bits per heavy atom. The number of aryl methyl sites for hydroxylation is 1. The molecule has 1 saturated carbocycles. The molecular weight excluding hydrogens is 264 g/mol. The van der Waals surface area contributed by atoms with Crippen molar-refractivity contribution in [1.82, 2.24) is 0 Å². The van der Waals surface area contributed by atoms with E-state index in [0.29, 0.717) is 11.7 Å². The van der Waals surface area contributed by atoms with Gasteiger partial charge < -0.3 is 0 Å². The summed E-state index contributed by atoms with van der Waals surface area (Å²) < 4.78 is -0.162. The molecule has 2 unspecified atom stereocenters. The van der Waals surface area contributed by atoms with Crippen LogP contribution < -0.4 is 0 Å². The van der Waals surface area contributed by atoms with Gasteiger partial charge in [0.25, 0.3) is 0 Å². The van der Waals surface area contributed by atoms with Gasteiger partial charge in [-0.3, -0.25) is 4.79 Å². The highest BCUT2D eigenvalue weighted by atomic mass is 32.2. The van der Waals surface area contributed by atoms with Crippen molar-refractivity contribution in [2.75, 3.05) is 0 Å². The monoisotopic (exact) mass is 290 g/mol. The molecule has 1 fully saturated rings. The van der Waals surface area contributed by atoms with Gasteiger partial charge in [0.15, 0.2) is 0 Å². The maximum absolute atomic E-state index is 12.6. The first-order valence-corrected chi connectivity index (χ1v) is 8.69. The van der Waals surface area contributed by atoms with Crippen LogP contribution in [0.25, 0.3) is 0 Å². The SMILES string of the molecule is CCCCCC1(Sc2ccc(C)cc2)C(=O)CCC1C. The number of benzene rings is 1. The second-order valence-electron chi connectivity index (χ2n) is 6.12. The molecule has 0 aromatic heterocycles. The summed E-state index contributed by atoms with van der Waals surface area (Å²) in [6.45, 7) is 6.59. The molecule has 0 amide bonds. The summed E-state index contributed by atoms with van der Waals surface area (Å²) in [5, 5.41) is 0. The number of rotatable bonds is 6. The molecular formula is C18H26OS. The Hall–Kier alpha value is -0.760. The second-order valence-corrected chi connectivity index (χ2v) is 7.53. The van der Waals surface area contributed by atoms with Crippen molar-refractivity contribution in [1.29, 1.82) is 0 Å². The average molecular weight is 290 g/mol. The van der Waals surface area contributed by atoms with Crippen molar-refractivity contribution >= 4 is 17.5 Å². The van der Waals surface area contributed by atoms with Gasteiger partial charge in [0.1, 0.15) is 5.78 Å². The van der Waals surface area contributed by atoms with Crippen molar-refractivity contribution in [2.24, 2.45) is 5.92 Å². The standard InChI is InChI=1S/C18H26OS/c1-4-5-6-13-18(15(3)9-12-17(18)19)20-16-10-7-14(2)8-11-16/h7-8,10-11,15H,4-6,9,12-13H2,1-3H3. The van der Waals surface area contributed by atoms with Crippen LogP contribution in [-0.2, 0) is 4.79 Å². The van der Waals surface area contributed by atoms with Crippen LogP contribution in [0.4, 0.5) is 0 Å². The zero-order valence-electron chi connectivity index (χ0n) is 12.9. The van der Waals surface area contributed by atoms with E-state index in [1.165, 1.54) is 29.7 Å². The van der Waals surface area contributed by atoms with Gasteiger partial charge >= 0.3 is 0 Å². The lowest BCUT2D eigenvalue weighted by Gasteiger charge is -2.32. The molecule has 0 spiro atoms. The van der Waals surface area contributed by atoms with Crippen LogP contribution in [0.15, 0.2) is 29.2 Å². The maximum atomic E-state index is 12.6. The third-order valence-electron chi connectivity index (χ3n) is 4.55. The number of carbonyl (C=O) groups excluding carboxylic acids is 1. The Morgan fingerprint density at radius 3 is 2.50 bits per heavy atom. The molecule has 2 atom stereocenters. The molecule has 110 valence electrons. The predicted molar refractivity (Wildman–Crippen MR) is 87.3 cm³/mol. The Labute approximate surface area is 127 Å². The third kappa shape index (κ3) is 3.28. The second kappa shape index (κ2) is 6.80. The molecule has 2 rings (SSSR count). The lowest BCUT2D eigenvalue weighted by molar-refractivity contribution is -0.119. The number of Topliss-reactive ketones (excluding diaryl/α,β-unsaturated/α-hetero) is 1. The van der Waals surface area contributed by atoms with E-state index in [1.54, 1.807) is 0 Å². The molecule has 0 aliphatic heterocycles. The van der Waals surface area contributed by atoms with Gasteiger partial charge in [-0.2, -0.15) is 0 Å². The van der Waals surface area contributed by atoms with E-state index >= 15 is 0 Å². The van der Waals surface area contributed by atoms with E-state index in [9.17, 15) is 4.79 Å². The summed E-state index contributed by atoms with van der Waals surface area (Å²) in [6, 6.07) is 8.62. The molecule has 0 bridgehead atoms. The van der Waals surface area contributed by atoms with Crippen LogP contribution in [0.5, 0.6) is 0 Å². The number of hydrogen-bond donors (Lipinski definition) is 0. The minimum atomic E-state index is -0.162. The highest BCUT2D eigenvalue weighted by Gasteiger charge is 2.47. The molecule has 0 radical (unpaired) electrons. The Kier molecular flexibility index (Phi) is 5.31. The highest BCUT2D eigenvalue weighted by molar-refractivity contribution is 8.01.